The molecule has 0 saturated heterocycles. The smallest absolute Gasteiger partial charge is 0.223 e. The number of rotatable bonds is 4. The van der Waals surface area contributed by atoms with Crippen LogP contribution in [0.15, 0.2) is 30.3 Å². The SMILES string of the molecule is Cc1cc(C)nc(NCC(O)c2ccc(F)cc2)n1. The average molecular weight is 261 g/mol. The molecule has 0 aliphatic carbocycles. The number of benzene rings is 1. The highest BCUT2D eigenvalue weighted by Gasteiger charge is 2.08. The van der Waals surface area contributed by atoms with E-state index in [4.69, 9.17) is 0 Å². The second-order valence-electron chi connectivity index (χ2n) is 4.42. The third-order valence-corrected chi connectivity index (χ3v) is 2.69. The number of halogens is 1. The maximum atomic E-state index is 12.8. The zero-order chi connectivity index (χ0) is 13.8. The molecule has 1 aromatic heterocycles. The molecule has 0 bridgehead atoms. The lowest BCUT2D eigenvalue weighted by molar-refractivity contribution is 0.191. The molecule has 0 radical (unpaired) electrons. The molecule has 1 atom stereocenters. The second-order valence-corrected chi connectivity index (χ2v) is 4.42. The Bertz CT molecular complexity index is 537. The maximum Gasteiger partial charge on any atom is 0.223 e. The number of hydrogen-bond donors (Lipinski definition) is 2. The third kappa shape index (κ3) is 3.72. The van der Waals surface area contributed by atoms with E-state index in [-0.39, 0.29) is 12.4 Å². The highest BCUT2D eigenvalue weighted by Crippen LogP contribution is 2.14. The second kappa shape index (κ2) is 5.75. The van der Waals surface area contributed by atoms with Gasteiger partial charge in [0.2, 0.25) is 5.95 Å². The molecule has 0 fully saturated rings. The van der Waals surface area contributed by atoms with Crippen molar-refractivity contribution in [2.24, 2.45) is 0 Å². The van der Waals surface area contributed by atoms with Gasteiger partial charge in [-0.05, 0) is 37.6 Å². The minimum absolute atomic E-state index is 0.272. The van der Waals surface area contributed by atoms with Crippen LogP contribution in [0.3, 0.4) is 0 Å². The van der Waals surface area contributed by atoms with Crippen LogP contribution in [0.1, 0.15) is 23.1 Å². The van der Waals surface area contributed by atoms with Crippen molar-refractivity contribution in [1.29, 1.82) is 0 Å². The number of nitrogens with one attached hydrogen (secondary N) is 1. The van der Waals surface area contributed by atoms with Gasteiger partial charge in [0.15, 0.2) is 0 Å². The van der Waals surface area contributed by atoms with Gasteiger partial charge in [0.1, 0.15) is 5.82 Å². The molecule has 4 nitrogen and oxygen atoms in total. The first-order valence-corrected chi connectivity index (χ1v) is 6.04. The normalized spacial score (nSPS) is 12.2. The zero-order valence-electron chi connectivity index (χ0n) is 10.9. The molecular weight excluding hydrogens is 245 g/mol. The van der Waals surface area contributed by atoms with Crippen LogP contribution >= 0.6 is 0 Å². The van der Waals surface area contributed by atoms with Crippen LogP contribution in [0.2, 0.25) is 0 Å². The van der Waals surface area contributed by atoms with Gasteiger partial charge in [0.05, 0.1) is 6.10 Å². The van der Waals surface area contributed by atoms with Gasteiger partial charge in [-0.25, -0.2) is 14.4 Å². The van der Waals surface area contributed by atoms with Crippen molar-refractivity contribution in [3.05, 3.63) is 53.1 Å². The highest BCUT2D eigenvalue weighted by molar-refractivity contribution is 5.29. The summed E-state index contributed by atoms with van der Waals surface area (Å²) in [5.41, 5.74) is 2.39. The van der Waals surface area contributed by atoms with E-state index in [0.29, 0.717) is 11.5 Å². The summed E-state index contributed by atoms with van der Waals surface area (Å²) >= 11 is 0. The first-order valence-electron chi connectivity index (χ1n) is 6.04. The van der Waals surface area contributed by atoms with Crippen molar-refractivity contribution in [3.63, 3.8) is 0 Å². The summed E-state index contributed by atoms with van der Waals surface area (Å²) in [6.07, 6.45) is -0.731. The molecule has 2 rings (SSSR count). The van der Waals surface area contributed by atoms with Crippen molar-refractivity contribution in [3.8, 4) is 0 Å². The number of nitrogens with zero attached hydrogens (tertiary/aromatic N) is 2. The Morgan fingerprint density at radius 1 is 1.16 bits per heavy atom. The van der Waals surface area contributed by atoms with Gasteiger partial charge in [0.25, 0.3) is 0 Å². The molecule has 0 saturated carbocycles. The van der Waals surface area contributed by atoms with Crippen molar-refractivity contribution in [1.82, 2.24) is 9.97 Å². The van der Waals surface area contributed by atoms with E-state index in [9.17, 15) is 9.50 Å². The lowest BCUT2D eigenvalue weighted by Crippen LogP contribution is -2.14. The Morgan fingerprint density at radius 3 is 2.32 bits per heavy atom. The van der Waals surface area contributed by atoms with Crippen LogP contribution in [0, 0.1) is 19.7 Å². The molecule has 0 aliphatic heterocycles. The van der Waals surface area contributed by atoms with E-state index in [1.807, 2.05) is 19.9 Å². The molecule has 2 N–H and O–H groups in total. The summed E-state index contributed by atoms with van der Waals surface area (Å²) in [6, 6.07) is 7.65. The summed E-state index contributed by atoms with van der Waals surface area (Å²) < 4.78 is 12.8. The Morgan fingerprint density at radius 2 is 1.74 bits per heavy atom. The molecule has 0 spiro atoms. The quantitative estimate of drug-likeness (QED) is 0.887. The Labute approximate surface area is 111 Å². The first-order chi connectivity index (χ1) is 9.04. The van der Waals surface area contributed by atoms with Gasteiger partial charge in [0, 0.05) is 17.9 Å². The molecule has 100 valence electrons. The van der Waals surface area contributed by atoms with Crippen molar-refractivity contribution >= 4 is 5.95 Å². The number of aryl methyl sites for hydroxylation is 2. The van der Waals surface area contributed by atoms with E-state index in [1.165, 1.54) is 12.1 Å². The van der Waals surface area contributed by atoms with Crippen LogP contribution < -0.4 is 5.32 Å². The number of aliphatic hydroxyl groups excluding tert-OH is 1. The Hall–Kier alpha value is -2.01. The number of hydrogen-bond acceptors (Lipinski definition) is 4. The van der Waals surface area contributed by atoms with Crippen molar-refractivity contribution in [2.45, 2.75) is 20.0 Å². The monoisotopic (exact) mass is 261 g/mol. The van der Waals surface area contributed by atoms with Crippen LogP contribution in [0.5, 0.6) is 0 Å². The molecule has 19 heavy (non-hydrogen) atoms. The Balaban J connectivity index is 1.99. The fourth-order valence-electron chi connectivity index (χ4n) is 1.80. The van der Waals surface area contributed by atoms with E-state index >= 15 is 0 Å². The summed E-state index contributed by atoms with van der Waals surface area (Å²) in [5.74, 6) is 0.167. The van der Waals surface area contributed by atoms with Crippen LogP contribution in [0.4, 0.5) is 10.3 Å². The largest absolute Gasteiger partial charge is 0.387 e. The molecule has 0 amide bonds. The van der Waals surface area contributed by atoms with Crippen LogP contribution in [-0.2, 0) is 0 Å². The van der Waals surface area contributed by atoms with E-state index in [1.54, 1.807) is 12.1 Å². The predicted octanol–water partition coefficient (Wildman–Crippen LogP) is 2.38. The van der Waals surface area contributed by atoms with E-state index < -0.39 is 6.10 Å². The summed E-state index contributed by atoms with van der Waals surface area (Å²) in [6.45, 7) is 4.04. The van der Waals surface area contributed by atoms with Gasteiger partial charge in [-0.3, -0.25) is 0 Å². The molecule has 2 aromatic rings. The number of anilines is 1. The van der Waals surface area contributed by atoms with Crippen LogP contribution in [-0.4, -0.2) is 21.6 Å². The third-order valence-electron chi connectivity index (χ3n) is 2.69. The molecule has 1 aromatic carbocycles. The lowest BCUT2D eigenvalue weighted by atomic mass is 10.1. The summed E-state index contributed by atoms with van der Waals surface area (Å²) in [4.78, 5) is 8.44. The standard InChI is InChI=1S/C14H16FN3O/c1-9-7-10(2)18-14(17-9)16-8-13(19)11-3-5-12(15)6-4-11/h3-7,13,19H,8H2,1-2H3,(H,16,17,18). The fraction of sp³-hybridized carbons (Fsp3) is 0.286. The number of aliphatic hydroxyl groups is 1. The minimum Gasteiger partial charge on any atom is -0.387 e. The highest BCUT2D eigenvalue weighted by atomic mass is 19.1. The summed E-state index contributed by atoms with van der Waals surface area (Å²) in [5, 5.41) is 12.9. The zero-order valence-corrected chi connectivity index (χ0v) is 10.9. The molecule has 0 aliphatic rings. The molecular formula is C14H16FN3O. The maximum absolute atomic E-state index is 12.8. The number of aromatic nitrogens is 2. The first kappa shape index (κ1) is 13.4. The van der Waals surface area contributed by atoms with Gasteiger partial charge < -0.3 is 10.4 Å². The van der Waals surface area contributed by atoms with E-state index in [0.717, 1.165) is 11.4 Å². The lowest BCUT2D eigenvalue weighted by Gasteiger charge is -2.12. The fourth-order valence-corrected chi connectivity index (χ4v) is 1.80. The van der Waals surface area contributed by atoms with Gasteiger partial charge >= 0.3 is 0 Å². The molecule has 1 unspecified atom stereocenters. The minimum atomic E-state index is -0.731. The molecule has 5 heteroatoms. The van der Waals surface area contributed by atoms with E-state index in [2.05, 4.69) is 15.3 Å². The van der Waals surface area contributed by atoms with Crippen molar-refractivity contribution < 1.29 is 9.50 Å². The van der Waals surface area contributed by atoms with Gasteiger partial charge in [-0.15, -0.1) is 0 Å². The molecule has 1 heterocycles. The van der Waals surface area contributed by atoms with Crippen LogP contribution in [0.25, 0.3) is 0 Å². The average Bonchev–Trinajstić information content (AvgIpc) is 2.36. The predicted molar refractivity (Wildman–Crippen MR) is 71.4 cm³/mol. The van der Waals surface area contributed by atoms with Gasteiger partial charge in [-0.2, -0.15) is 0 Å². The van der Waals surface area contributed by atoms with Crippen molar-refractivity contribution in [2.75, 3.05) is 11.9 Å². The summed E-state index contributed by atoms with van der Waals surface area (Å²) in [7, 11) is 0. The topological polar surface area (TPSA) is 58.0 Å². The Kier molecular flexibility index (Phi) is 4.06. The van der Waals surface area contributed by atoms with Gasteiger partial charge in [-0.1, -0.05) is 12.1 Å².